The molecule has 6 aromatic rings. The highest BCUT2D eigenvalue weighted by atomic mass is 32.1. The van der Waals surface area contributed by atoms with Crippen LogP contribution in [0.2, 0.25) is 0 Å². The Balaban J connectivity index is 1.08. The molecule has 0 aliphatic heterocycles. The van der Waals surface area contributed by atoms with E-state index < -0.39 is 0 Å². The Morgan fingerprint density at radius 3 is 1.93 bits per heavy atom. The van der Waals surface area contributed by atoms with Crippen LogP contribution < -0.4 is 0 Å². The summed E-state index contributed by atoms with van der Waals surface area (Å²) in [5.41, 5.74) is 2.53. The van der Waals surface area contributed by atoms with Crippen LogP contribution in [0.25, 0.3) is 42.4 Å². The summed E-state index contributed by atoms with van der Waals surface area (Å²) < 4.78 is 1.30. The Morgan fingerprint density at radius 1 is 0.512 bits per heavy atom. The maximum atomic E-state index is 3.45. The second kappa shape index (κ2) is 13.4. The number of fused-ring (bicyclic) bond motifs is 6. The van der Waals surface area contributed by atoms with Gasteiger partial charge in [0.25, 0.3) is 0 Å². The van der Waals surface area contributed by atoms with Crippen molar-refractivity contribution in [2.24, 2.45) is 0 Å². The Hall–Kier alpha value is -3.60. The van der Waals surface area contributed by atoms with Crippen molar-refractivity contribution in [3.05, 3.63) is 107 Å². The first-order valence-electron chi connectivity index (χ1n) is 15.7. The summed E-state index contributed by atoms with van der Waals surface area (Å²) in [6, 6.07) is 33.6. The summed E-state index contributed by atoms with van der Waals surface area (Å²) in [6.07, 6.45) is 15.1. The van der Waals surface area contributed by atoms with E-state index in [4.69, 9.17) is 0 Å². The topological polar surface area (TPSA) is 0 Å². The molecule has 0 aliphatic carbocycles. The molecule has 0 unspecified atom stereocenters. The first-order valence-corrected chi connectivity index (χ1v) is 16.5. The SMILES string of the molecule is CCCCCCCCCCCCc1ccc(C#Cc2cc3c(ccc4c5cc6ccccc6cc5ccc34)s2)cc1. The largest absolute Gasteiger partial charge is 0.127 e. The lowest BCUT2D eigenvalue weighted by atomic mass is 9.97. The predicted molar refractivity (Wildman–Crippen MR) is 182 cm³/mol. The molecule has 0 fully saturated rings. The number of hydrogen-bond acceptors (Lipinski definition) is 1. The molecule has 0 N–H and O–H groups in total. The quantitative estimate of drug-likeness (QED) is 0.0649. The van der Waals surface area contributed by atoms with Crippen LogP contribution in [-0.2, 0) is 6.42 Å². The van der Waals surface area contributed by atoms with E-state index in [9.17, 15) is 0 Å². The summed E-state index contributed by atoms with van der Waals surface area (Å²) in [4.78, 5) is 1.13. The van der Waals surface area contributed by atoms with Gasteiger partial charge in [-0.2, -0.15) is 0 Å². The van der Waals surface area contributed by atoms with Gasteiger partial charge >= 0.3 is 0 Å². The van der Waals surface area contributed by atoms with E-state index in [0.29, 0.717) is 0 Å². The molecule has 0 atom stereocenters. The Morgan fingerprint density at radius 2 is 1.17 bits per heavy atom. The summed E-state index contributed by atoms with van der Waals surface area (Å²) in [7, 11) is 0. The van der Waals surface area contributed by atoms with E-state index in [2.05, 4.69) is 110 Å². The zero-order valence-electron chi connectivity index (χ0n) is 24.3. The van der Waals surface area contributed by atoms with Crippen molar-refractivity contribution in [3.63, 3.8) is 0 Å². The average Bonchev–Trinajstić information content (AvgIpc) is 3.44. The average molecular weight is 553 g/mol. The van der Waals surface area contributed by atoms with Crippen LogP contribution in [0.1, 0.15) is 87.1 Å². The van der Waals surface area contributed by atoms with E-state index in [1.165, 1.54) is 119 Å². The van der Waals surface area contributed by atoms with Gasteiger partial charge in [-0.25, -0.2) is 0 Å². The van der Waals surface area contributed by atoms with Gasteiger partial charge in [-0.15, -0.1) is 11.3 Å². The Labute approximate surface area is 249 Å². The van der Waals surface area contributed by atoms with E-state index in [0.717, 1.165) is 10.4 Å². The monoisotopic (exact) mass is 552 g/mol. The molecule has 41 heavy (non-hydrogen) atoms. The molecule has 1 heteroatoms. The molecule has 0 aliphatic rings. The molecule has 1 aromatic heterocycles. The van der Waals surface area contributed by atoms with Crippen LogP contribution in [0, 0.1) is 11.8 Å². The highest BCUT2D eigenvalue weighted by molar-refractivity contribution is 7.19. The van der Waals surface area contributed by atoms with Gasteiger partial charge in [0.05, 0.1) is 4.88 Å². The number of benzene rings is 5. The van der Waals surface area contributed by atoms with E-state index in [1.54, 1.807) is 11.3 Å². The third-order valence-electron chi connectivity index (χ3n) is 8.48. The number of rotatable bonds is 11. The van der Waals surface area contributed by atoms with Crippen LogP contribution in [0.5, 0.6) is 0 Å². The van der Waals surface area contributed by atoms with Crippen molar-refractivity contribution >= 4 is 53.7 Å². The number of thiophene rings is 1. The van der Waals surface area contributed by atoms with Crippen molar-refractivity contribution < 1.29 is 0 Å². The highest BCUT2D eigenvalue weighted by Gasteiger charge is 2.08. The summed E-state index contributed by atoms with van der Waals surface area (Å²) in [5, 5.41) is 9.13. The van der Waals surface area contributed by atoms with Crippen molar-refractivity contribution in [1.82, 2.24) is 0 Å². The van der Waals surface area contributed by atoms with Crippen molar-refractivity contribution in [3.8, 4) is 11.8 Å². The molecular weight excluding hydrogens is 513 g/mol. The molecule has 0 saturated heterocycles. The van der Waals surface area contributed by atoms with Gasteiger partial charge < -0.3 is 0 Å². The molecule has 0 saturated carbocycles. The number of unbranched alkanes of at least 4 members (excludes halogenated alkanes) is 9. The van der Waals surface area contributed by atoms with Gasteiger partial charge in [0.1, 0.15) is 0 Å². The molecular formula is C40H40S. The smallest absolute Gasteiger partial charge is 0.0785 e. The zero-order chi connectivity index (χ0) is 27.9. The molecule has 6 rings (SSSR count). The fourth-order valence-corrected chi connectivity index (χ4v) is 7.05. The third kappa shape index (κ3) is 6.66. The lowest BCUT2D eigenvalue weighted by Gasteiger charge is -2.07. The zero-order valence-corrected chi connectivity index (χ0v) is 25.2. The minimum atomic E-state index is 1.09. The van der Waals surface area contributed by atoms with Crippen LogP contribution in [-0.4, -0.2) is 0 Å². The van der Waals surface area contributed by atoms with E-state index in [-0.39, 0.29) is 0 Å². The molecule has 5 aromatic carbocycles. The van der Waals surface area contributed by atoms with Crippen LogP contribution in [0.4, 0.5) is 0 Å². The lowest BCUT2D eigenvalue weighted by Crippen LogP contribution is -1.87. The molecule has 1 heterocycles. The van der Waals surface area contributed by atoms with E-state index in [1.807, 2.05) is 0 Å². The highest BCUT2D eigenvalue weighted by Crippen LogP contribution is 2.36. The first-order chi connectivity index (χ1) is 20.3. The van der Waals surface area contributed by atoms with Crippen molar-refractivity contribution in [2.45, 2.75) is 77.6 Å². The Bertz CT molecular complexity index is 1820. The third-order valence-corrected chi connectivity index (χ3v) is 9.50. The van der Waals surface area contributed by atoms with Gasteiger partial charge in [-0.1, -0.05) is 131 Å². The minimum absolute atomic E-state index is 1.09. The normalized spacial score (nSPS) is 11.4. The van der Waals surface area contributed by atoms with Crippen molar-refractivity contribution in [2.75, 3.05) is 0 Å². The second-order valence-corrected chi connectivity index (χ2v) is 12.6. The maximum absolute atomic E-state index is 3.45. The molecule has 0 nitrogen and oxygen atoms in total. The summed E-state index contributed by atoms with van der Waals surface area (Å²) >= 11 is 1.79. The van der Waals surface area contributed by atoms with Crippen LogP contribution in [0.15, 0.2) is 91.0 Å². The number of aryl methyl sites for hydroxylation is 1. The minimum Gasteiger partial charge on any atom is -0.127 e. The predicted octanol–water partition coefficient (Wildman–Crippen LogP) is 12.2. The standard InChI is InChI=1S/C40H40S/c1-2-3-4-5-6-7-8-9-10-11-14-30-17-19-31(20-18-30)21-23-35-29-39-37-24-22-34-27-32-15-12-13-16-33(32)28-38(34)36(37)25-26-40(39)41-35/h12-13,15-20,22,24-29H,2-11,14H2,1H3. The maximum Gasteiger partial charge on any atom is 0.0785 e. The molecule has 0 bridgehead atoms. The van der Waals surface area contributed by atoms with Crippen LogP contribution >= 0.6 is 11.3 Å². The van der Waals surface area contributed by atoms with Gasteiger partial charge in [0.2, 0.25) is 0 Å². The lowest BCUT2D eigenvalue weighted by molar-refractivity contribution is 0.556. The van der Waals surface area contributed by atoms with Crippen molar-refractivity contribution in [1.29, 1.82) is 0 Å². The van der Waals surface area contributed by atoms with Gasteiger partial charge in [0.15, 0.2) is 0 Å². The summed E-state index contributed by atoms with van der Waals surface area (Å²) in [6.45, 7) is 2.29. The van der Waals surface area contributed by atoms with Crippen LogP contribution in [0.3, 0.4) is 0 Å². The molecule has 0 spiro atoms. The fraction of sp³-hybridized carbons (Fsp3) is 0.300. The van der Waals surface area contributed by atoms with E-state index >= 15 is 0 Å². The van der Waals surface area contributed by atoms with Gasteiger partial charge in [-0.3, -0.25) is 0 Å². The fourth-order valence-electron chi connectivity index (χ4n) is 6.12. The number of hydrogen-bond donors (Lipinski definition) is 0. The Kier molecular flexibility index (Phi) is 8.99. The first kappa shape index (κ1) is 27.6. The molecule has 0 radical (unpaired) electrons. The molecule has 206 valence electrons. The summed E-state index contributed by atoms with van der Waals surface area (Å²) in [5.74, 6) is 6.87. The second-order valence-electron chi connectivity index (χ2n) is 11.5. The van der Waals surface area contributed by atoms with Gasteiger partial charge in [0, 0.05) is 15.6 Å². The molecule has 0 amide bonds. The van der Waals surface area contributed by atoms with Gasteiger partial charge in [-0.05, 0) is 87.1 Å².